The summed E-state index contributed by atoms with van der Waals surface area (Å²) in [6.07, 6.45) is 3.53. The number of methoxy groups -OCH3 is 5. The fourth-order valence-corrected chi connectivity index (χ4v) is 4.19. The molecule has 1 aromatic carbocycles. The Kier molecular flexibility index (Phi) is 6.12. The van der Waals surface area contributed by atoms with Gasteiger partial charge < -0.3 is 28.4 Å². The molecule has 1 aliphatic carbocycles. The number of hydrogen-bond acceptors (Lipinski definition) is 7. The van der Waals surface area contributed by atoms with Gasteiger partial charge in [0.1, 0.15) is 6.10 Å². The second-order valence-electron chi connectivity index (χ2n) is 7.14. The van der Waals surface area contributed by atoms with Crippen LogP contribution in [0.3, 0.4) is 0 Å². The summed E-state index contributed by atoms with van der Waals surface area (Å²) in [5.74, 6) is 1.69. The molecule has 30 heavy (non-hydrogen) atoms. The molecule has 0 N–H and O–H groups in total. The molecule has 0 spiro atoms. The lowest BCUT2D eigenvalue weighted by molar-refractivity contribution is -0.135. The number of allylic oxidation sites excluding steroid dienone is 1. The molecule has 162 valence electrons. The smallest absolute Gasteiger partial charge is 0.237 e. The van der Waals surface area contributed by atoms with Crippen molar-refractivity contribution in [2.45, 2.75) is 31.0 Å². The summed E-state index contributed by atoms with van der Waals surface area (Å²) >= 11 is 0. The van der Waals surface area contributed by atoms with Crippen LogP contribution in [0.15, 0.2) is 48.0 Å². The maximum Gasteiger partial charge on any atom is 0.237 e. The quantitative estimate of drug-likeness (QED) is 0.600. The highest BCUT2D eigenvalue weighted by Crippen LogP contribution is 2.51. The number of benzene rings is 1. The first kappa shape index (κ1) is 21.8. The lowest BCUT2D eigenvalue weighted by atomic mass is 9.79. The third kappa shape index (κ3) is 3.23. The van der Waals surface area contributed by atoms with Crippen molar-refractivity contribution >= 4 is 5.78 Å². The zero-order valence-electron chi connectivity index (χ0n) is 18.2. The number of hydrogen-bond donors (Lipinski definition) is 0. The first-order valence-electron chi connectivity index (χ1n) is 9.60. The predicted molar refractivity (Wildman–Crippen MR) is 111 cm³/mol. The van der Waals surface area contributed by atoms with Gasteiger partial charge in [0.05, 0.1) is 28.4 Å². The van der Waals surface area contributed by atoms with E-state index < -0.39 is 5.60 Å². The van der Waals surface area contributed by atoms with Crippen molar-refractivity contribution in [3.8, 4) is 17.2 Å². The highest BCUT2D eigenvalue weighted by Gasteiger charge is 2.50. The van der Waals surface area contributed by atoms with Gasteiger partial charge in [-0.3, -0.25) is 4.79 Å². The van der Waals surface area contributed by atoms with Crippen LogP contribution >= 0.6 is 0 Å². The number of fused-ring (bicyclic) bond motifs is 1. The molecular weight excluding hydrogens is 388 g/mol. The first-order chi connectivity index (χ1) is 14.4. The Morgan fingerprint density at radius 3 is 2.17 bits per heavy atom. The van der Waals surface area contributed by atoms with E-state index in [9.17, 15) is 4.79 Å². The summed E-state index contributed by atoms with van der Waals surface area (Å²) in [6, 6.07) is 3.78. The molecule has 0 radical (unpaired) electrons. The monoisotopic (exact) mass is 416 g/mol. The van der Waals surface area contributed by atoms with E-state index in [1.54, 1.807) is 27.4 Å². The Bertz CT molecular complexity index is 889. The molecule has 1 heterocycles. The molecule has 0 bridgehead atoms. The molecule has 0 unspecified atom stereocenters. The van der Waals surface area contributed by atoms with E-state index in [1.807, 2.05) is 25.1 Å². The Hall–Kier alpha value is -2.93. The molecule has 1 fully saturated rings. The normalized spacial score (nSPS) is 25.3. The van der Waals surface area contributed by atoms with Crippen molar-refractivity contribution < 1.29 is 33.2 Å². The summed E-state index contributed by atoms with van der Waals surface area (Å²) in [7, 11) is 7.67. The molecule has 0 amide bonds. The Morgan fingerprint density at radius 2 is 1.70 bits per heavy atom. The van der Waals surface area contributed by atoms with Crippen molar-refractivity contribution in [1.29, 1.82) is 0 Å². The number of Topliss-reactive ketones (excluding diaryl/α,β-unsaturated/α-hetero) is 1. The summed E-state index contributed by atoms with van der Waals surface area (Å²) in [4.78, 5) is 13.1. The van der Waals surface area contributed by atoms with E-state index in [-0.39, 0.29) is 23.6 Å². The molecule has 1 aliphatic heterocycles. The van der Waals surface area contributed by atoms with Crippen molar-refractivity contribution in [2.75, 3.05) is 35.5 Å². The van der Waals surface area contributed by atoms with Crippen LogP contribution in [-0.4, -0.2) is 53.0 Å². The first-order valence-corrected chi connectivity index (χ1v) is 9.60. The largest absolute Gasteiger partial charge is 0.493 e. The minimum Gasteiger partial charge on any atom is -0.493 e. The Balaban J connectivity index is 2.22. The standard InChI is InChI=1S/C23H28O7/c1-8-9-23(29-7)12-15-18(13(2)30-19(15)21(28-6)22(23)24)14-10-16(25-3)20(27-5)17(11-14)26-4/h8,10-13,18H,1,9H2,2-7H3/t13-,18+,23+/m0/s1. The van der Waals surface area contributed by atoms with E-state index in [4.69, 9.17) is 28.4 Å². The van der Waals surface area contributed by atoms with Crippen LogP contribution in [0.2, 0.25) is 0 Å². The number of carbonyl (C=O) groups is 1. The Morgan fingerprint density at radius 1 is 1.07 bits per heavy atom. The van der Waals surface area contributed by atoms with Crippen LogP contribution in [0.5, 0.6) is 17.2 Å². The second-order valence-corrected chi connectivity index (χ2v) is 7.14. The van der Waals surface area contributed by atoms with E-state index >= 15 is 0 Å². The van der Waals surface area contributed by atoms with Gasteiger partial charge in [-0.1, -0.05) is 6.08 Å². The third-order valence-corrected chi connectivity index (χ3v) is 5.62. The Labute approximate surface area is 176 Å². The second kappa shape index (κ2) is 8.44. The molecule has 7 heteroatoms. The minimum absolute atomic E-state index is 0.151. The highest BCUT2D eigenvalue weighted by molar-refractivity contribution is 6.04. The van der Waals surface area contributed by atoms with Gasteiger partial charge in [-0.15, -0.1) is 6.58 Å². The zero-order valence-corrected chi connectivity index (χ0v) is 18.2. The maximum atomic E-state index is 13.1. The summed E-state index contributed by atoms with van der Waals surface area (Å²) in [5.41, 5.74) is 0.515. The van der Waals surface area contributed by atoms with Gasteiger partial charge in [0.2, 0.25) is 17.3 Å². The molecule has 0 saturated carbocycles. The number of ether oxygens (including phenoxy) is 6. The van der Waals surface area contributed by atoms with Gasteiger partial charge >= 0.3 is 0 Å². The van der Waals surface area contributed by atoms with E-state index in [0.717, 1.165) is 11.1 Å². The third-order valence-electron chi connectivity index (χ3n) is 5.62. The van der Waals surface area contributed by atoms with Gasteiger partial charge in [-0.05, 0) is 30.7 Å². The SMILES string of the molecule is C=CC[C@@]1(OC)C=C2C(=C(OC)C1=O)O[C@@H](C)[C@@H]2c1cc(OC)c(OC)c(OC)c1. The molecule has 1 aromatic rings. The number of carbonyl (C=O) groups excluding carboxylic acids is 1. The van der Waals surface area contributed by atoms with E-state index in [1.165, 1.54) is 14.2 Å². The van der Waals surface area contributed by atoms with Crippen LogP contribution in [0, 0.1) is 0 Å². The van der Waals surface area contributed by atoms with Crippen LogP contribution in [-0.2, 0) is 19.0 Å². The fourth-order valence-electron chi connectivity index (χ4n) is 4.19. The van der Waals surface area contributed by atoms with Crippen LogP contribution < -0.4 is 14.2 Å². The summed E-state index contributed by atoms with van der Waals surface area (Å²) in [5, 5.41) is 0. The molecule has 3 atom stereocenters. The molecule has 0 aromatic heterocycles. The maximum absolute atomic E-state index is 13.1. The molecular formula is C23H28O7. The van der Waals surface area contributed by atoms with Gasteiger partial charge in [0, 0.05) is 25.0 Å². The van der Waals surface area contributed by atoms with E-state index in [0.29, 0.717) is 29.4 Å². The van der Waals surface area contributed by atoms with Crippen LogP contribution in [0.25, 0.3) is 0 Å². The van der Waals surface area contributed by atoms with Gasteiger partial charge in [0.25, 0.3) is 0 Å². The molecule has 7 nitrogen and oxygen atoms in total. The number of ketones is 1. The van der Waals surface area contributed by atoms with E-state index in [2.05, 4.69) is 6.58 Å². The highest BCUT2D eigenvalue weighted by atomic mass is 16.5. The van der Waals surface area contributed by atoms with Crippen molar-refractivity contribution in [1.82, 2.24) is 0 Å². The van der Waals surface area contributed by atoms with Crippen molar-refractivity contribution in [3.63, 3.8) is 0 Å². The minimum atomic E-state index is -1.20. The number of rotatable bonds is 8. The van der Waals surface area contributed by atoms with Gasteiger partial charge in [0.15, 0.2) is 22.9 Å². The molecule has 3 rings (SSSR count). The van der Waals surface area contributed by atoms with Crippen LogP contribution in [0.1, 0.15) is 24.8 Å². The lowest BCUT2D eigenvalue weighted by Crippen LogP contribution is -2.43. The zero-order chi connectivity index (χ0) is 22.1. The average molecular weight is 416 g/mol. The topological polar surface area (TPSA) is 72.5 Å². The fraction of sp³-hybridized carbons (Fsp3) is 0.435. The molecule has 1 saturated heterocycles. The van der Waals surface area contributed by atoms with Gasteiger partial charge in [-0.25, -0.2) is 0 Å². The summed E-state index contributed by atoms with van der Waals surface area (Å²) in [6.45, 7) is 5.72. The summed E-state index contributed by atoms with van der Waals surface area (Å²) < 4.78 is 33.7. The van der Waals surface area contributed by atoms with Crippen molar-refractivity contribution in [2.24, 2.45) is 0 Å². The van der Waals surface area contributed by atoms with Crippen molar-refractivity contribution in [3.05, 3.63) is 53.5 Å². The van der Waals surface area contributed by atoms with Gasteiger partial charge in [-0.2, -0.15) is 0 Å². The predicted octanol–water partition coefficient (Wildman–Crippen LogP) is 3.54. The average Bonchev–Trinajstić information content (AvgIpc) is 3.08. The molecule has 2 aliphatic rings. The lowest BCUT2D eigenvalue weighted by Gasteiger charge is -2.32. The van der Waals surface area contributed by atoms with Crippen LogP contribution in [0.4, 0.5) is 0 Å².